The van der Waals surface area contributed by atoms with Gasteiger partial charge in [0.05, 0.1) is 6.61 Å². The maximum Gasteiger partial charge on any atom is 0.253 e. The zero-order chi connectivity index (χ0) is 12.7. The van der Waals surface area contributed by atoms with E-state index in [1.54, 1.807) is 17.0 Å². The lowest BCUT2D eigenvalue weighted by atomic mass is 10.2. The topological polar surface area (TPSA) is 60.8 Å². The minimum Gasteiger partial charge on any atom is -0.508 e. The van der Waals surface area contributed by atoms with E-state index >= 15 is 0 Å². The number of aliphatic hydroxyl groups is 1. The molecule has 0 bridgehead atoms. The van der Waals surface area contributed by atoms with Crippen molar-refractivity contribution in [1.29, 1.82) is 0 Å². The van der Waals surface area contributed by atoms with Gasteiger partial charge in [-0.2, -0.15) is 0 Å². The quantitative estimate of drug-likeness (QED) is 0.790. The second-order valence-electron chi connectivity index (χ2n) is 3.92. The molecule has 4 nitrogen and oxygen atoms in total. The number of unbranched alkanes of at least 4 members (excludes halogenated alkanes) is 1. The van der Waals surface area contributed by atoms with Crippen molar-refractivity contribution in [1.82, 2.24) is 4.90 Å². The SMILES string of the molecule is CCCCN(CCO)C(=O)c1ccc(O)cc1. The zero-order valence-electron chi connectivity index (χ0n) is 10.1. The molecule has 2 N–H and O–H groups in total. The zero-order valence-corrected chi connectivity index (χ0v) is 10.1. The lowest BCUT2D eigenvalue weighted by Crippen LogP contribution is -2.34. The number of aromatic hydroxyl groups is 1. The van der Waals surface area contributed by atoms with E-state index in [1.165, 1.54) is 12.1 Å². The third-order valence-corrected chi connectivity index (χ3v) is 2.55. The van der Waals surface area contributed by atoms with Gasteiger partial charge < -0.3 is 15.1 Å². The number of aliphatic hydroxyl groups excluding tert-OH is 1. The molecule has 0 heterocycles. The second-order valence-corrected chi connectivity index (χ2v) is 3.92. The molecule has 1 aromatic carbocycles. The van der Waals surface area contributed by atoms with Crippen LogP contribution in [-0.4, -0.2) is 40.7 Å². The Morgan fingerprint density at radius 3 is 2.41 bits per heavy atom. The highest BCUT2D eigenvalue weighted by Crippen LogP contribution is 2.12. The highest BCUT2D eigenvalue weighted by molar-refractivity contribution is 5.94. The molecule has 0 saturated heterocycles. The van der Waals surface area contributed by atoms with Gasteiger partial charge in [-0.25, -0.2) is 0 Å². The molecule has 0 saturated carbocycles. The first kappa shape index (κ1) is 13.5. The van der Waals surface area contributed by atoms with E-state index in [4.69, 9.17) is 10.2 Å². The second kappa shape index (κ2) is 6.91. The van der Waals surface area contributed by atoms with Crippen LogP contribution in [-0.2, 0) is 0 Å². The molecule has 1 rings (SSSR count). The first-order chi connectivity index (χ1) is 8.19. The normalized spacial score (nSPS) is 10.2. The van der Waals surface area contributed by atoms with E-state index in [1.807, 2.05) is 0 Å². The molecule has 1 amide bonds. The maximum atomic E-state index is 12.1. The van der Waals surface area contributed by atoms with Crippen molar-refractivity contribution in [3.8, 4) is 5.75 Å². The Morgan fingerprint density at radius 1 is 1.24 bits per heavy atom. The van der Waals surface area contributed by atoms with E-state index in [0.717, 1.165) is 12.8 Å². The van der Waals surface area contributed by atoms with Crippen LogP contribution in [0.5, 0.6) is 5.75 Å². The molecule has 1 aromatic rings. The van der Waals surface area contributed by atoms with Crippen molar-refractivity contribution < 1.29 is 15.0 Å². The molecule has 0 radical (unpaired) electrons. The summed E-state index contributed by atoms with van der Waals surface area (Å²) in [7, 11) is 0. The van der Waals surface area contributed by atoms with Gasteiger partial charge >= 0.3 is 0 Å². The molecular weight excluding hydrogens is 218 g/mol. The molecule has 0 spiro atoms. The van der Waals surface area contributed by atoms with Crippen LogP contribution in [0.15, 0.2) is 24.3 Å². The van der Waals surface area contributed by atoms with Crippen LogP contribution in [0.25, 0.3) is 0 Å². The van der Waals surface area contributed by atoms with E-state index in [9.17, 15) is 4.79 Å². The number of nitrogens with zero attached hydrogens (tertiary/aromatic N) is 1. The average Bonchev–Trinajstić information content (AvgIpc) is 2.34. The van der Waals surface area contributed by atoms with Crippen molar-refractivity contribution in [2.75, 3.05) is 19.7 Å². The minimum atomic E-state index is -0.104. The summed E-state index contributed by atoms with van der Waals surface area (Å²) in [5, 5.41) is 18.1. The summed E-state index contributed by atoms with van der Waals surface area (Å²) < 4.78 is 0. The number of hydrogen-bond acceptors (Lipinski definition) is 3. The average molecular weight is 237 g/mol. The lowest BCUT2D eigenvalue weighted by molar-refractivity contribution is 0.0719. The van der Waals surface area contributed by atoms with Crippen molar-refractivity contribution >= 4 is 5.91 Å². The molecule has 0 aliphatic heterocycles. The first-order valence-electron chi connectivity index (χ1n) is 5.88. The molecule has 0 aliphatic carbocycles. The maximum absolute atomic E-state index is 12.1. The Bertz CT molecular complexity index is 348. The summed E-state index contributed by atoms with van der Waals surface area (Å²) in [6.07, 6.45) is 1.93. The molecule has 0 aliphatic rings. The number of phenolic OH excluding ortho intramolecular Hbond substituents is 1. The predicted octanol–water partition coefficient (Wildman–Crippen LogP) is 1.63. The van der Waals surface area contributed by atoms with Crippen LogP contribution in [0.1, 0.15) is 30.1 Å². The van der Waals surface area contributed by atoms with E-state index < -0.39 is 0 Å². The molecule has 0 atom stereocenters. The monoisotopic (exact) mass is 237 g/mol. The van der Waals surface area contributed by atoms with Crippen molar-refractivity contribution in [2.45, 2.75) is 19.8 Å². The number of carbonyl (C=O) groups excluding carboxylic acids is 1. The van der Waals surface area contributed by atoms with Gasteiger partial charge in [0, 0.05) is 18.7 Å². The summed E-state index contributed by atoms with van der Waals surface area (Å²) in [4.78, 5) is 13.7. The van der Waals surface area contributed by atoms with Crippen LogP contribution < -0.4 is 0 Å². The standard InChI is InChI=1S/C13H19NO3/c1-2-3-8-14(9-10-15)13(17)11-4-6-12(16)7-5-11/h4-7,15-16H,2-3,8-10H2,1H3. The third kappa shape index (κ3) is 4.07. The van der Waals surface area contributed by atoms with E-state index in [-0.39, 0.29) is 18.3 Å². The molecule has 17 heavy (non-hydrogen) atoms. The van der Waals surface area contributed by atoms with Gasteiger partial charge in [-0.05, 0) is 30.7 Å². The number of rotatable bonds is 6. The summed E-state index contributed by atoms with van der Waals surface area (Å²) in [5.74, 6) is 0.0383. The third-order valence-electron chi connectivity index (χ3n) is 2.55. The number of carbonyl (C=O) groups is 1. The van der Waals surface area contributed by atoms with Gasteiger partial charge in [0.15, 0.2) is 0 Å². The molecule has 0 fully saturated rings. The summed E-state index contributed by atoms with van der Waals surface area (Å²) in [6, 6.07) is 6.16. The van der Waals surface area contributed by atoms with Crippen LogP contribution in [0.3, 0.4) is 0 Å². The van der Waals surface area contributed by atoms with Gasteiger partial charge in [0.1, 0.15) is 5.75 Å². The Labute approximate surface area is 101 Å². The van der Waals surface area contributed by atoms with Crippen molar-refractivity contribution in [3.63, 3.8) is 0 Å². The summed E-state index contributed by atoms with van der Waals surface area (Å²) in [5.41, 5.74) is 0.535. The predicted molar refractivity (Wildman–Crippen MR) is 66.0 cm³/mol. The van der Waals surface area contributed by atoms with Gasteiger partial charge in [0.25, 0.3) is 5.91 Å². The fraction of sp³-hybridized carbons (Fsp3) is 0.462. The highest BCUT2D eigenvalue weighted by Gasteiger charge is 2.14. The fourth-order valence-corrected chi connectivity index (χ4v) is 1.57. The molecule has 0 aromatic heterocycles. The van der Waals surface area contributed by atoms with Gasteiger partial charge in [0.2, 0.25) is 0 Å². The lowest BCUT2D eigenvalue weighted by Gasteiger charge is -2.21. The minimum absolute atomic E-state index is 0.0342. The Kier molecular flexibility index (Phi) is 5.49. The largest absolute Gasteiger partial charge is 0.508 e. The van der Waals surface area contributed by atoms with Gasteiger partial charge in [-0.3, -0.25) is 4.79 Å². The van der Waals surface area contributed by atoms with Gasteiger partial charge in [-0.1, -0.05) is 13.3 Å². The number of phenols is 1. The van der Waals surface area contributed by atoms with Crippen LogP contribution in [0.4, 0.5) is 0 Å². The Hall–Kier alpha value is -1.55. The van der Waals surface area contributed by atoms with Crippen molar-refractivity contribution in [2.24, 2.45) is 0 Å². The van der Waals surface area contributed by atoms with Crippen LogP contribution in [0.2, 0.25) is 0 Å². The summed E-state index contributed by atoms with van der Waals surface area (Å²) >= 11 is 0. The smallest absolute Gasteiger partial charge is 0.253 e. The molecule has 94 valence electrons. The number of benzene rings is 1. The Balaban J connectivity index is 2.72. The van der Waals surface area contributed by atoms with E-state index in [2.05, 4.69) is 6.92 Å². The van der Waals surface area contributed by atoms with E-state index in [0.29, 0.717) is 18.7 Å². The number of hydrogen-bond donors (Lipinski definition) is 2. The molecule has 4 heteroatoms. The highest BCUT2D eigenvalue weighted by atomic mass is 16.3. The Morgan fingerprint density at radius 2 is 1.88 bits per heavy atom. The molecular formula is C13H19NO3. The van der Waals surface area contributed by atoms with Crippen molar-refractivity contribution in [3.05, 3.63) is 29.8 Å². The number of amides is 1. The van der Waals surface area contributed by atoms with Gasteiger partial charge in [-0.15, -0.1) is 0 Å². The first-order valence-corrected chi connectivity index (χ1v) is 5.88. The van der Waals surface area contributed by atoms with Crippen LogP contribution in [0, 0.1) is 0 Å². The van der Waals surface area contributed by atoms with Crippen LogP contribution >= 0.6 is 0 Å². The fourth-order valence-electron chi connectivity index (χ4n) is 1.57. The molecule has 0 unspecified atom stereocenters. The summed E-state index contributed by atoms with van der Waals surface area (Å²) in [6.45, 7) is 3.02.